The highest BCUT2D eigenvalue weighted by molar-refractivity contribution is 7.99. The maximum atomic E-state index is 19.2. The Morgan fingerprint density at radius 2 is 0.782 bits per heavy atom. The average Bonchev–Trinajstić information content (AvgIpc) is 0.662. The topological polar surface area (TPSA) is 247 Å². The van der Waals surface area contributed by atoms with E-state index in [1.165, 1.54) is 52.0 Å². The Bertz CT molecular complexity index is 4500. The van der Waals surface area contributed by atoms with Crippen molar-refractivity contribution in [2.45, 2.75) is 415 Å². The SMILES string of the molecule is CCCCOC1(SC)c2c(OC)c(OC)c(-c3c(OC)c(OC)c4c(c3OCOC)C(=O)C3C(=O)[C@]5(O[Si](C)(C)C)[C@H](CC3C4SC)[C@H](O[Si](C)(C)C)[C@@H](O[Si](C)(C)C(C)(C)C)[C@H](O[Si](C)(C)C(C)(C)C)[C@]5(CCC)O[Si](C)(C)C)c(OCOC)c2C(O)=C2C(=O)[C@]3(O[Si](C)(C)C)[C@H](CC21)[C@H](O[Si](C)(C)C)[C@@H](O[Si](C)(C)C(C)(C)C)[C@H](O[Si](C)(C)C(C)(C)C)[C@]3(CCC)O[Si](C)(C)C. The fourth-order valence-corrected chi connectivity index (χ4v) is 36.3. The molecule has 17 atom stereocenters. The van der Waals surface area contributed by atoms with Crippen molar-refractivity contribution < 1.29 is 106 Å². The van der Waals surface area contributed by atoms with E-state index < -0.39 is 219 Å². The van der Waals surface area contributed by atoms with Gasteiger partial charge in [0.15, 0.2) is 153 Å². The van der Waals surface area contributed by atoms with Crippen molar-refractivity contribution >= 4 is 130 Å². The van der Waals surface area contributed by atoms with Crippen LogP contribution in [0.25, 0.3) is 16.9 Å². The Balaban J connectivity index is 1.70. The van der Waals surface area contributed by atoms with Crippen LogP contribution < -0.4 is 28.4 Å². The van der Waals surface area contributed by atoms with E-state index in [-0.39, 0.29) is 108 Å². The quantitative estimate of drug-likeness (QED) is 0.0281. The number of methoxy groups -OCH3 is 6. The Morgan fingerprint density at radius 3 is 1.13 bits per heavy atom. The number of carbonyl (C=O) groups excluding carboxylic acids is 3. The second kappa shape index (κ2) is 40.6. The number of rotatable bonds is 41. The molecule has 8 rings (SSSR count). The molecule has 35 heteroatoms. The highest BCUT2D eigenvalue weighted by atomic mass is 32.2. The molecule has 6 aliphatic rings. The number of aliphatic hydroxyl groups excluding tert-OH is 1. The summed E-state index contributed by atoms with van der Waals surface area (Å²) in [6.07, 6.45) is 2.01. The molecule has 6 aliphatic carbocycles. The van der Waals surface area contributed by atoms with Crippen molar-refractivity contribution in [1.29, 1.82) is 0 Å². The summed E-state index contributed by atoms with van der Waals surface area (Å²) in [5.74, 6) is -6.85. The van der Waals surface area contributed by atoms with Gasteiger partial charge >= 0.3 is 0 Å². The number of thioether (sulfide) groups is 2. The van der Waals surface area contributed by atoms with Gasteiger partial charge in [0.25, 0.3) is 0 Å². The Labute approximate surface area is 823 Å². The van der Waals surface area contributed by atoms with E-state index in [4.69, 9.17) is 86.9 Å². The molecular formula is C98H182O23S2Si10. The number of ether oxygens (including phenoxy) is 9. The number of hydrogen-bond acceptors (Lipinski definition) is 25. The molecule has 23 nitrogen and oxygen atoms in total. The standard InChI is InChI=1S/C98H182O23S2Si10/c1-50-53-56-111-98(123-23)62-58-64-76(113-125(27,28)29)84(115-131(44,45)91(7,8)9)89(117-133(48,49)93(13,14)15)95(55-52-3,119-127(33,34)35)97(64,121-129(39,40)41)87(102)66(62)74(100)71-72(98)82(108-21)80(106-19)69(78(71)110-60-104-17)68-77(109-59-103-16)67-70(81(107-20)79(68)105-18)85(122-22)61-57-63-75(112-124(24,25)26)83(114-130(42,43)90(4,5)6)88(116-132(46,47)92(10,11)12)94(54-51-2,118-126(30,31)32)96(63,120-128(36,37)38)86(101)65(61)73(67)99/h61-65,75-76,83-85,88-89,100H,50-60H2,1-49H3/t61?,62?,63-,64-,65?,75+,76+,83-,84-,85?,88+,89+,94+,95+,96-,97-,98?/m1/s1. The fraction of sp³-hybridized carbons (Fsp3) is 0.827. The van der Waals surface area contributed by atoms with E-state index in [2.05, 4.69) is 274 Å². The molecule has 0 radical (unpaired) electrons. The highest BCUT2D eigenvalue weighted by Gasteiger charge is 2.82. The van der Waals surface area contributed by atoms with Gasteiger partial charge < -0.3 is 92.0 Å². The van der Waals surface area contributed by atoms with Crippen LogP contribution in [-0.4, -0.2) is 240 Å². The van der Waals surface area contributed by atoms with Crippen LogP contribution in [0, 0.1) is 29.6 Å². The van der Waals surface area contributed by atoms with Crippen molar-refractivity contribution in [3.8, 4) is 45.6 Å². The van der Waals surface area contributed by atoms with Gasteiger partial charge in [-0.25, -0.2) is 0 Å². The maximum Gasteiger partial charge on any atom is 0.197 e. The first kappa shape index (κ1) is 116. The Morgan fingerprint density at radius 1 is 0.414 bits per heavy atom. The van der Waals surface area contributed by atoms with Gasteiger partial charge in [0.05, 0.1) is 86.6 Å². The van der Waals surface area contributed by atoms with Gasteiger partial charge in [-0.1, -0.05) is 123 Å². The number of Topliss-reactive ketones (excluding diaryl/α,β-unsaturated/α-hetero) is 3. The van der Waals surface area contributed by atoms with Gasteiger partial charge in [0.2, 0.25) is 0 Å². The minimum atomic E-state index is -3.15. The summed E-state index contributed by atoms with van der Waals surface area (Å²) in [5, 5.41) is 13.2. The number of aliphatic hydroxyl groups is 1. The van der Waals surface area contributed by atoms with Gasteiger partial charge in [0, 0.05) is 55.0 Å². The van der Waals surface area contributed by atoms with E-state index in [0.717, 1.165) is 6.42 Å². The number of benzene rings is 2. The normalized spacial score (nSPS) is 29.0. The van der Waals surface area contributed by atoms with Gasteiger partial charge in [-0.2, -0.15) is 11.8 Å². The second-order valence-corrected chi connectivity index (χ2v) is 98.0. The third-order valence-corrected chi connectivity index (χ3v) is 55.6. The lowest BCUT2D eigenvalue weighted by Crippen LogP contribution is -2.86. The molecule has 0 bridgehead atoms. The molecule has 5 unspecified atom stereocenters. The van der Waals surface area contributed by atoms with E-state index >= 15 is 19.5 Å². The first-order valence-electron chi connectivity index (χ1n) is 48.9. The molecule has 0 aliphatic heterocycles. The lowest BCUT2D eigenvalue weighted by Gasteiger charge is -2.69. The zero-order chi connectivity index (χ0) is 102. The monoisotopic (exact) mass is 2070 g/mol. The third kappa shape index (κ3) is 21.8. The van der Waals surface area contributed by atoms with Crippen LogP contribution in [-0.2, 0) is 73.0 Å². The second-order valence-electron chi connectivity index (χ2n) is 50.4. The summed E-state index contributed by atoms with van der Waals surface area (Å²) >= 11 is 2.89. The molecule has 4 fully saturated rings. The van der Waals surface area contributed by atoms with Crippen LogP contribution in [0.4, 0.5) is 0 Å². The smallest absolute Gasteiger partial charge is 0.197 e. The van der Waals surface area contributed by atoms with Crippen LogP contribution in [0.15, 0.2) is 5.57 Å². The molecule has 2 aromatic rings. The predicted octanol–water partition coefficient (Wildman–Crippen LogP) is 25.6. The molecule has 0 aromatic heterocycles. The zero-order valence-electron chi connectivity index (χ0n) is 92.0. The minimum absolute atomic E-state index is 0.00175. The van der Waals surface area contributed by atoms with Crippen LogP contribution in [0.2, 0.25) is 190 Å². The minimum Gasteiger partial charge on any atom is -0.507 e. The summed E-state index contributed by atoms with van der Waals surface area (Å²) in [4.78, 5) is 54.7. The fourth-order valence-electron chi connectivity index (χ4n) is 21.0. The zero-order valence-corrected chi connectivity index (χ0v) is 104. The predicted molar refractivity (Wildman–Crippen MR) is 569 cm³/mol. The molecule has 2 aromatic carbocycles. The molecule has 133 heavy (non-hydrogen) atoms. The highest BCUT2D eigenvalue weighted by Crippen LogP contribution is 2.74. The number of ketones is 3. The maximum absolute atomic E-state index is 19.2. The van der Waals surface area contributed by atoms with Crippen molar-refractivity contribution in [2.24, 2.45) is 29.6 Å². The van der Waals surface area contributed by atoms with Gasteiger partial charge in [-0.05, 0) is 241 Å². The van der Waals surface area contributed by atoms with Crippen LogP contribution in [0.1, 0.15) is 188 Å². The van der Waals surface area contributed by atoms with Crippen molar-refractivity contribution in [1.82, 2.24) is 0 Å². The molecule has 4 saturated carbocycles. The summed E-state index contributed by atoms with van der Waals surface area (Å²) in [6.45, 7) is 89.7. The number of fused-ring (bicyclic) bond motifs is 6. The van der Waals surface area contributed by atoms with Gasteiger partial charge in [-0.15, -0.1) is 11.8 Å². The molecular weight excluding hydrogens is 1890 g/mol. The average molecular weight is 2070 g/mol. The molecule has 0 amide bonds. The van der Waals surface area contributed by atoms with Crippen LogP contribution in [0.5, 0.6) is 34.5 Å². The van der Waals surface area contributed by atoms with E-state index in [0.29, 0.717) is 36.8 Å². The van der Waals surface area contributed by atoms with Crippen molar-refractivity contribution in [2.75, 3.05) is 75.4 Å². The largest absolute Gasteiger partial charge is 0.507 e. The summed E-state index contributed by atoms with van der Waals surface area (Å²) in [5.41, 5.74) is -6.48. The Kier molecular flexibility index (Phi) is 35.5. The van der Waals surface area contributed by atoms with Crippen LogP contribution >= 0.6 is 23.5 Å². The molecule has 0 saturated heterocycles. The first-order chi connectivity index (χ1) is 60.4. The molecule has 1 N–H and O–H groups in total. The van der Waals surface area contributed by atoms with Gasteiger partial charge in [-0.3, -0.25) is 14.4 Å². The summed E-state index contributed by atoms with van der Waals surface area (Å²) in [7, 11) is -20.4. The van der Waals surface area contributed by atoms with Crippen molar-refractivity contribution in [3.05, 3.63) is 27.8 Å². The molecule has 0 heterocycles. The van der Waals surface area contributed by atoms with E-state index in [9.17, 15) is 0 Å². The molecule has 0 spiro atoms. The molecule has 764 valence electrons. The lowest BCUT2D eigenvalue weighted by molar-refractivity contribution is -0.278. The lowest BCUT2D eigenvalue weighted by atomic mass is 9.49. The van der Waals surface area contributed by atoms with E-state index in [1.54, 1.807) is 14.2 Å². The van der Waals surface area contributed by atoms with E-state index in [1.807, 2.05) is 12.5 Å². The number of hydrogen-bond donors (Lipinski definition) is 1. The number of carbonyl (C=O) groups is 3. The summed E-state index contributed by atoms with van der Waals surface area (Å²) < 4.78 is 145. The number of unbranched alkanes of at least 4 members (excludes halogenated alkanes) is 1. The van der Waals surface area contributed by atoms with Crippen LogP contribution in [0.3, 0.4) is 0 Å². The first-order valence-corrected chi connectivity index (χ1v) is 83.5. The third-order valence-electron chi connectivity index (χ3n) is 29.7. The summed E-state index contributed by atoms with van der Waals surface area (Å²) in [6, 6.07) is 0. The Hall–Kier alpha value is -1.86. The van der Waals surface area contributed by atoms with Crippen molar-refractivity contribution in [3.63, 3.8) is 0 Å². The van der Waals surface area contributed by atoms with Gasteiger partial charge in [0.1, 0.15) is 40.7 Å².